The van der Waals surface area contributed by atoms with Crippen molar-refractivity contribution >= 4 is 9.28 Å². The predicted octanol–water partition coefficient (Wildman–Crippen LogP) is 0.133. The third-order valence-corrected chi connectivity index (χ3v) is 4.54. The summed E-state index contributed by atoms with van der Waals surface area (Å²) in [6.45, 7) is 2.98. The maximum Gasteiger partial charge on any atom is 0.324 e. The van der Waals surface area contributed by atoms with E-state index in [-0.39, 0.29) is 0 Å². The summed E-state index contributed by atoms with van der Waals surface area (Å²) in [7, 11) is 2.01. The minimum atomic E-state index is -1.43. The molecule has 1 unspecified atom stereocenters. The van der Waals surface area contributed by atoms with Crippen molar-refractivity contribution < 1.29 is 8.85 Å². The first kappa shape index (κ1) is 12.1. The smallest absolute Gasteiger partial charge is 0.324 e. The fourth-order valence-electron chi connectivity index (χ4n) is 1.28. The largest absolute Gasteiger partial charge is 0.400 e. The molecule has 0 aromatic carbocycles. The zero-order valence-corrected chi connectivity index (χ0v) is 9.32. The molecule has 1 atom stereocenters. The zero-order valence-electron chi connectivity index (χ0n) is 8.17. The van der Waals surface area contributed by atoms with Crippen molar-refractivity contribution in [2.24, 2.45) is 5.84 Å². The van der Waals surface area contributed by atoms with Crippen LogP contribution in [-0.4, -0.2) is 30.0 Å². The molecule has 0 aliphatic rings. The molecule has 0 bridgehead atoms. The Bertz CT molecular complexity index is 101. The van der Waals surface area contributed by atoms with Crippen molar-refractivity contribution in [1.82, 2.24) is 5.43 Å². The Hall–Kier alpha value is 0.0569. The van der Waals surface area contributed by atoms with Crippen molar-refractivity contribution in [2.45, 2.75) is 25.3 Å². The predicted molar refractivity (Wildman–Crippen MR) is 52.0 cm³/mol. The average molecular weight is 192 g/mol. The number of rotatable bonds is 7. The molecule has 0 radical (unpaired) electrons. The van der Waals surface area contributed by atoms with Crippen LogP contribution < -0.4 is 11.3 Å². The molecule has 0 aliphatic carbocycles. The molecule has 0 fully saturated rings. The van der Waals surface area contributed by atoms with E-state index < -0.39 is 9.28 Å². The molecule has 0 spiro atoms. The molecule has 0 heterocycles. The number of hydrogen-bond acceptors (Lipinski definition) is 4. The fraction of sp³-hybridized carbons (Fsp3) is 1.00. The van der Waals surface area contributed by atoms with Gasteiger partial charge in [-0.15, -0.1) is 0 Å². The second-order valence-corrected chi connectivity index (χ2v) is 5.37. The third kappa shape index (κ3) is 4.17. The minimum absolute atomic E-state index is 0.552. The summed E-state index contributed by atoms with van der Waals surface area (Å²) < 4.78 is 10.6. The van der Waals surface area contributed by atoms with Crippen molar-refractivity contribution in [1.29, 1.82) is 0 Å². The molecule has 12 heavy (non-hydrogen) atoms. The van der Waals surface area contributed by atoms with Gasteiger partial charge in [0.1, 0.15) is 0 Å². The van der Waals surface area contributed by atoms with Gasteiger partial charge in [0.15, 0.2) is 0 Å². The molecule has 4 nitrogen and oxygen atoms in total. The summed E-state index contributed by atoms with van der Waals surface area (Å²) in [6.07, 6.45) is 2.13. The van der Waals surface area contributed by atoms with Gasteiger partial charge in [-0.1, -0.05) is 13.3 Å². The third-order valence-electron chi connectivity index (χ3n) is 2.03. The van der Waals surface area contributed by atoms with Gasteiger partial charge in [-0.05, 0) is 6.42 Å². The summed E-state index contributed by atoms with van der Waals surface area (Å²) in [5.74, 6) is 5.20. The molecular weight excluding hydrogens is 172 g/mol. The first-order valence-electron chi connectivity index (χ1n) is 4.29. The summed E-state index contributed by atoms with van der Waals surface area (Å²) in [5, 5.41) is 0. The van der Waals surface area contributed by atoms with Gasteiger partial charge >= 0.3 is 9.28 Å². The molecule has 3 N–H and O–H groups in total. The summed E-state index contributed by atoms with van der Waals surface area (Å²) in [5.41, 5.74) is 3.20. The highest BCUT2D eigenvalue weighted by Crippen LogP contribution is 2.19. The SMILES string of the molecule is CCC(CCNN)[SiH](OC)OC. The highest BCUT2D eigenvalue weighted by molar-refractivity contribution is 6.46. The first-order valence-corrected chi connectivity index (χ1v) is 5.90. The molecule has 0 aromatic heterocycles. The van der Waals surface area contributed by atoms with Crippen LogP contribution in [0.15, 0.2) is 0 Å². The van der Waals surface area contributed by atoms with Gasteiger partial charge in [0.25, 0.3) is 0 Å². The van der Waals surface area contributed by atoms with Gasteiger partial charge in [-0.2, -0.15) is 0 Å². The van der Waals surface area contributed by atoms with Crippen LogP contribution >= 0.6 is 0 Å². The maximum atomic E-state index is 5.30. The average Bonchev–Trinajstić information content (AvgIpc) is 2.12. The topological polar surface area (TPSA) is 56.5 Å². The van der Waals surface area contributed by atoms with E-state index in [1.807, 2.05) is 0 Å². The monoisotopic (exact) mass is 192 g/mol. The van der Waals surface area contributed by atoms with Gasteiger partial charge in [0, 0.05) is 26.3 Å². The van der Waals surface area contributed by atoms with Crippen LogP contribution in [0, 0.1) is 0 Å². The highest BCUT2D eigenvalue weighted by Gasteiger charge is 2.21. The van der Waals surface area contributed by atoms with E-state index in [9.17, 15) is 0 Å². The van der Waals surface area contributed by atoms with Crippen molar-refractivity contribution in [3.05, 3.63) is 0 Å². The van der Waals surface area contributed by atoms with Crippen LogP contribution in [0.5, 0.6) is 0 Å². The van der Waals surface area contributed by atoms with E-state index in [1.54, 1.807) is 14.2 Å². The number of hydrogen-bond donors (Lipinski definition) is 2. The van der Waals surface area contributed by atoms with Crippen molar-refractivity contribution in [2.75, 3.05) is 20.8 Å². The van der Waals surface area contributed by atoms with E-state index in [1.165, 1.54) is 0 Å². The van der Waals surface area contributed by atoms with E-state index >= 15 is 0 Å². The lowest BCUT2D eigenvalue weighted by molar-refractivity contribution is 0.260. The summed E-state index contributed by atoms with van der Waals surface area (Å²) >= 11 is 0. The van der Waals surface area contributed by atoms with Crippen LogP contribution in [0.3, 0.4) is 0 Å². The molecule has 0 aromatic rings. The van der Waals surface area contributed by atoms with E-state index in [4.69, 9.17) is 14.7 Å². The van der Waals surface area contributed by atoms with Crippen LogP contribution in [0.2, 0.25) is 5.54 Å². The van der Waals surface area contributed by atoms with Crippen LogP contribution in [-0.2, 0) is 8.85 Å². The maximum absolute atomic E-state index is 5.30. The van der Waals surface area contributed by atoms with Gasteiger partial charge in [0.2, 0.25) is 0 Å². The molecule has 0 rings (SSSR count). The van der Waals surface area contributed by atoms with Crippen molar-refractivity contribution in [3.8, 4) is 0 Å². The van der Waals surface area contributed by atoms with Crippen LogP contribution in [0.4, 0.5) is 0 Å². The fourth-order valence-corrected chi connectivity index (χ4v) is 3.07. The normalized spacial score (nSPS) is 13.8. The lowest BCUT2D eigenvalue weighted by Crippen LogP contribution is -2.30. The molecule has 5 heteroatoms. The Kier molecular flexibility index (Phi) is 7.73. The van der Waals surface area contributed by atoms with Crippen LogP contribution in [0.1, 0.15) is 19.8 Å². The Morgan fingerprint density at radius 3 is 2.33 bits per heavy atom. The number of hydrazine groups is 1. The lowest BCUT2D eigenvalue weighted by Gasteiger charge is -2.20. The zero-order chi connectivity index (χ0) is 9.40. The Balaban J connectivity index is 3.75. The van der Waals surface area contributed by atoms with Gasteiger partial charge in [-0.25, -0.2) is 0 Å². The van der Waals surface area contributed by atoms with Crippen molar-refractivity contribution in [3.63, 3.8) is 0 Å². The molecule has 0 saturated carbocycles. The molecular formula is C7H20N2O2Si. The van der Waals surface area contributed by atoms with E-state index in [0.29, 0.717) is 5.54 Å². The Morgan fingerprint density at radius 2 is 2.00 bits per heavy atom. The molecule has 0 saturated heterocycles. The van der Waals surface area contributed by atoms with Crippen LogP contribution in [0.25, 0.3) is 0 Å². The minimum Gasteiger partial charge on any atom is -0.400 e. The number of nitrogens with one attached hydrogen (secondary N) is 1. The quantitative estimate of drug-likeness (QED) is 0.342. The number of nitrogens with two attached hydrogens (primary N) is 1. The van der Waals surface area contributed by atoms with Gasteiger partial charge < -0.3 is 8.85 Å². The second-order valence-electron chi connectivity index (χ2n) is 2.75. The summed E-state index contributed by atoms with van der Waals surface area (Å²) in [6, 6.07) is 0. The first-order chi connectivity index (χ1) is 5.79. The molecule has 74 valence electrons. The van der Waals surface area contributed by atoms with E-state index in [0.717, 1.165) is 19.4 Å². The molecule has 0 aliphatic heterocycles. The molecule has 0 amide bonds. The van der Waals surface area contributed by atoms with Gasteiger partial charge in [-0.3, -0.25) is 11.3 Å². The van der Waals surface area contributed by atoms with Gasteiger partial charge in [0.05, 0.1) is 0 Å². The Morgan fingerprint density at radius 1 is 1.42 bits per heavy atom. The highest BCUT2D eigenvalue weighted by atomic mass is 28.3. The Labute approximate surface area is 76.2 Å². The second kappa shape index (κ2) is 7.69. The lowest BCUT2D eigenvalue weighted by atomic mass is 10.2. The van der Waals surface area contributed by atoms with E-state index in [2.05, 4.69) is 12.3 Å². The summed E-state index contributed by atoms with van der Waals surface area (Å²) in [4.78, 5) is 0. The standard InChI is InChI=1S/C7H20N2O2Si/c1-4-7(5-6-9-8)12(10-2)11-3/h7,9,12H,4-6,8H2,1-3H3.